The van der Waals surface area contributed by atoms with Crippen molar-refractivity contribution >= 4 is 10.0 Å². The van der Waals surface area contributed by atoms with Gasteiger partial charge in [0, 0.05) is 12.6 Å². The molecule has 0 saturated heterocycles. The Hall–Kier alpha value is -0.910. The van der Waals surface area contributed by atoms with Crippen LogP contribution in [0.3, 0.4) is 0 Å². The zero-order valence-electron chi connectivity index (χ0n) is 12.8. The number of sulfonamides is 1. The fraction of sp³-hybridized carbons (Fsp3) is 0.625. The smallest absolute Gasteiger partial charge is 0.243 e. The Morgan fingerprint density at radius 1 is 1.24 bits per heavy atom. The van der Waals surface area contributed by atoms with Crippen molar-refractivity contribution in [2.75, 3.05) is 13.1 Å². The van der Waals surface area contributed by atoms with Gasteiger partial charge < -0.3 is 5.73 Å². The quantitative estimate of drug-likeness (QED) is 0.802. The number of nitrogens with two attached hydrogens (primary N) is 1. The molecule has 0 unspecified atom stereocenters. The van der Waals surface area contributed by atoms with E-state index in [0.717, 1.165) is 32.1 Å². The molecule has 0 spiro atoms. The number of benzene rings is 1. The van der Waals surface area contributed by atoms with E-state index in [9.17, 15) is 8.42 Å². The third-order valence-corrected chi connectivity index (χ3v) is 6.10. The lowest BCUT2D eigenvalue weighted by Gasteiger charge is -2.36. The van der Waals surface area contributed by atoms with Gasteiger partial charge in [-0.05, 0) is 49.9 Å². The lowest BCUT2D eigenvalue weighted by molar-refractivity contribution is 0.218. The molecule has 1 fully saturated rings. The van der Waals surface area contributed by atoms with Crippen LogP contribution in [-0.4, -0.2) is 31.9 Å². The minimum absolute atomic E-state index is 0.164. The molecule has 1 aliphatic carbocycles. The molecule has 5 heteroatoms. The molecule has 0 radical (unpaired) electrons. The van der Waals surface area contributed by atoms with Crippen molar-refractivity contribution in [1.29, 1.82) is 0 Å². The van der Waals surface area contributed by atoms with Crippen LogP contribution in [0.25, 0.3) is 0 Å². The summed E-state index contributed by atoms with van der Waals surface area (Å²) >= 11 is 0. The van der Waals surface area contributed by atoms with Crippen LogP contribution in [0.15, 0.2) is 29.2 Å². The van der Waals surface area contributed by atoms with Gasteiger partial charge in [-0.2, -0.15) is 4.31 Å². The second kappa shape index (κ2) is 7.38. The summed E-state index contributed by atoms with van der Waals surface area (Å²) in [4.78, 5) is 0.409. The summed E-state index contributed by atoms with van der Waals surface area (Å²) in [6, 6.07) is 7.51. The number of aryl methyl sites for hydroxylation is 1. The van der Waals surface area contributed by atoms with Crippen molar-refractivity contribution in [2.24, 2.45) is 5.73 Å². The van der Waals surface area contributed by atoms with Gasteiger partial charge in [-0.1, -0.05) is 31.9 Å². The Balaban J connectivity index is 2.20. The lowest BCUT2D eigenvalue weighted by Crippen LogP contribution is -2.45. The SMILES string of the molecule is CCCc1ccc(S(=O)(=O)N(CCCN)C2CCC2)cc1. The number of rotatable bonds is 8. The summed E-state index contributed by atoms with van der Waals surface area (Å²) < 4.78 is 27.3. The van der Waals surface area contributed by atoms with Crippen molar-refractivity contribution in [3.05, 3.63) is 29.8 Å². The largest absolute Gasteiger partial charge is 0.330 e. The van der Waals surface area contributed by atoms with Crippen LogP contribution in [0.2, 0.25) is 0 Å². The number of hydrogen-bond acceptors (Lipinski definition) is 3. The molecule has 2 rings (SSSR count). The predicted molar refractivity (Wildman–Crippen MR) is 85.6 cm³/mol. The van der Waals surface area contributed by atoms with Crippen LogP contribution in [-0.2, 0) is 16.4 Å². The molecule has 0 bridgehead atoms. The van der Waals surface area contributed by atoms with Gasteiger partial charge in [-0.25, -0.2) is 8.42 Å². The molecule has 2 N–H and O–H groups in total. The van der Waals surface area contributed by atoms with E-state index < -0.39 is 10.0 Å². The minimum atomic E-state index is -3.39. The summed E-state index contributed by atoms with van der Waals surface area (Å²) in [5.41, 5.74) is 6.74. The van der Waals surface area contributed by atoms with Crippen LogP contribution < -0.4 is 5.73 Å². The highest BCUT2D eigenvalue weighted by atomic mass is 32.2. The van der Waals surface area contributed by atoms with Gasteiger partial charge in [-0.15, -0.1) is 0 Å². The maximum absolute atomic E-state index is 12.8. The highest BCUT2D eigenvalue weighted by Gasteiger charge is 2.34. The monoisotopic (exact) mass is 310 g/mol. The van der Waals surface area contributed by atoms with E-state index in [4.69, 9.17) is 5.73 Å². The molecule has 0 aliphatic heterocycles. The maximum Gasteiger partial charge on any atom is 0.243 e. The van der Waals surface area contributed by atoms with E-state index >= 15 is 0 Å². The first-order valence-corrected chi connectivity index (χ1v) is 9.34. The Morgan fingerprint density at radius 2 is 1.90 bits per heavy atom. The second-order valence-electron chi connectivity index (χ2n) is 5.74. The van der Waals surface area contributed by atoms with Crippen molar-refractivity contribution in [3.63, 3.8) is 0 Å². The molecule has 0 heterocycles. The van der Waals surface area contributed by atoms with Crippen molar-refractivity contribution in [1.82, 2.24) is 4.31 Å². The van der Waals surface area contributed by atoms with Gasteiger partial charge >= 0.3 is 0 Å². The molecule has 1 saturated carbocycles. The molecule has 1 aromatic rings. The van der Waals surface area contributed by atoms with E-state index in [-0.39, 0.29) is 6.04 Å². The Kier molecular flexibility index (Phi) is 5.79. The first-order valence-electron chi connectivity index (χ1n) is 7.90. The van der Waals surface area contributed by atoms with Crippen LogP contribution >= 0.6 is 0 Å². The predicted octanol–water partition coefficient (Wildman–Crippen LogP) is 2.53. The standard InChI is InChI=1S/C16H26N2O2S/c1-2-5-14-8-10-16(11-9-14)21(19,20)18(13-4-12-17)15-6-3-7-15/h8-11,15H,2-7,12-13,17H2,1H3. The molecule has 1 aromatic carbocycles. The van der Waals surface area contributed by atoms with E-state index in [2.05, 4.69) is 6.92 Å². The zero-order chi connectivity index (χ0) is 15.3. The van der Waals surface area contributed by atoms with E-state index in [1.165, 1.54) is 5.56 Å². The maximum atomic E-state index is 12.8. The molecule has 0 aromatic heterocycles. The molecule has 0 atom stereocenters. The van der Waals surface area contributed by atoms with E-state index in [1.54, 1.807) is 16.4 Å². The Labute approximate surface area is 128 Å². The minimum Gasteiger partial charge on any atom is -0.330 e. The van der Waals surface area contributed by atoms with Gasteiger partial charge in [-0.3, -0.25) is 0 Å². The first kappa shape index (κ1) is 16.5. The van der Waals surface area contributed by atoms with Crippen molar-refractivity contribution in [3.8, 4) is 0 Å². The third kappa shape index (κ3) is 3.84. The number of nitrogens with zero attached hydrogens (tertiary/aromatic N) is 1. The van der Waals surface area contributed by atoms with Crippen molar-refractivity contribution < 1.29 is 8.42 Å². The topological polar surface area (TPSA) is 63.4 Å². The van der Waals surface area contributed by atoms with Crippen LogP contribution in [0, 0.1) is 0 Å². The Morgan fingerprint density at radius 3 is 2.38 bits per heavy atom. The van der Waals surface area contributed by atoms with Crippen LogP contribution in [0.5, 0.6) is 0 Å². The Bertz CT molecular complexity index is 536. The van der Waals surface area contributed by atoms with Crippen LogP contribution in [0.1, 0.15) is 44.6 Å². The van der Waals surface area contributed by atoms with Gasteiger partial charge in [0.25, 0.3) is 0 Å². The molecule has 118 valence electrons. The van der Waals surface area contributed by atoms with Crippen molar-refractivity contribution in [2.45, 2.75) is 56.4 Å². The summed E-state index contributed by atoms with van der Waals surface area (Å²) in [5.74, 6) is 0. The summed E-state index contributed by atoms with van der Waals surface area (Å²) in [6.07, 6.45) is 5.82. The molecule has 0 amide bonds. The lowest BCUT2D eigenvalue weighted by atomic mass is 9.93. The van der Waals surface area contributed by atoms with Gasteiger partial charge in [0.2, 0.25) is 10.0 Å². The van der Waals surface area contributed by atoms with Gasteiger partial charge in [0.05, 0.1) is 4.90 Å². The normalized spacial score (nSPS) is 16.1. The molecule has 21 heavy (non-hydrogen) atoms. The molecule has 4 nitrogen and oxygen atoms in total. The fourth-order valence-corrected chi connectivity index (χ4v) is 4.40. The highest BCUT2D eigenvalue weighted by Crippen LogP contribution is 2.30. The molecular formula is C16H26N2O2S. The molecular weight excluding hydrogens is 284 g/mol. The van der Waals surface area contributed by atoms with Gasteiger partial charge in [0.1, 0.15) is 0 Å². The summed E-state index contributed by atoms with van der Waals surface area (Å²) in [6.45, 7) is 3.17. The average Bonchev–Trinajstić information content (AvgIpc) is 2.42. The summed E-state index contributed by atoms with van der Waals surface area (Å²) in [7, 11) is -3.39. The van der Waals surface area contributed by atoms with Gasteiger partial charge in [0.15, 0.2) is 0 Å². The zero-order valence-corrected chi connectivity index (χ0v) is 13.6. The van der Waals surface area contributed by atoms with Crippen LogP contribution in [0.4, 0.5) is 0 Å². The van der Waals surface area contributed by atoms with E-state index in [0.29, 0.717) is 24.4 Å². The first-order chi connectivity index (χ1) is 10.1. The number of hydrogen-bond donors (Lipinski definition) is 1. The average molecular weight is 310 g/mol. The highest BCUT2D eigenvalue weighted by molar-refractivity contribution is 7.89. The fourth-order valence-electron chi connectivity index (χ4n) is 2.67. The summed E-state index contributed by atoms with van der Waals surface area (Å²) in [5, 5.41) is 0. The third-order valence-electron chi connectivity index (χ3n) is 4.13. The second-order valence-corrected chi connectivity index (χ2v) is 7.63. The molecule has 1 aliphatic rings. The van der Waals surface area contributed by atoms with E-state index in [1.807, 2.05) is 12.1 Å².